The van der Waals surface area contributed by atoms with E-state index in [1.807, 2.05) is 12.2 Å². The maximum atomic E-state index is 5.65. The molecule has 1 aliphatic heterocycles. The molecular weight excluding hydrogens is 200 g/mol. The Hall–Kier alpha value is -1.12. The van der Waals surface area contributed by atoms with Crippen LogP contribution in [0.15, 0.2) is 50.6 Å². The van der Waals surface area contributed by atoms with Gasteiger partial charge in [0, 0.05) is 0 Å². The first-order valence-corrected chi connectivity index (χ1v) is 5.48. The highest BCUT2D eigenvalue weighted by Gasteiger charge is 2.08. The van der Waals surface area contributed by atoms with Crippen LogP contribution in [0.3, 0.4) is 0 Å². The molecule has 2 nitrogen and oxygen atoms in total. The minimum Gasteiger partial charge on any atom is -0.377 e. The van der Waals surface area contributed by atoms with Gasteiger partial charge in [-0.15, -0.1) is 26.3 Å². The second-order valence-corrected chi connectivity index (χ2v) is 3.35. The summed E-state index contributed by atoms with van der Waals surface area (Å²) in [5, 5.41) is 0. The van der Waals surface area contributed by atoms with Crippen molar-refractivity contribution in [2.24, 2.45) is 0 Å². The Balaban J connectivity index is 0.000000635. The Kier molecular flexibility index (Phi) is 9.67. The van der Waals surface area contributed by atoms with Crippen LogP contribution in [-0.2, 0) is 9.47 Å². The molecule has 0 N–H and O–H groups in total. The molecule has 0 radical (unpaired) electrons. The number of epoxide rings is 1. The van der Waals surface area contributed by atoms with E-state index in [0.29, 0.717) is 0 Å². The van der Waals surface area contributed by atoms with Crippen LogP contribution in [0.4, 0.5) is 0 Å². The van der Waals surface area contributed by atoms with Crippen LogP contribution in [0.2, 0.25) is 0 Å². The topological polar surface area (TPSA) is 21.8 Å². The zero-order valence-corrected chi connectivity index (χ0v) is 9.94. The van der Waals surface area contributed by atoms with Crippen molar-refractivity contribution < 1.29 is 9.47 Å². The van der Waals surface area contributed by atoms with Crippen molar-refractivity contribution in [3.8, 4) is 0 Å². The van der Waals surface area contributed by atoms with Gasteiger partial charge >= 0.3 is 0 Å². The highest BCUT2D eigenvalue weighted by molar-refractivity contribution is 4.92. The predicted molar refractivity (Wildman–Crippen MR) is 69.5 cm³/mol. The molecule has 1 aliphatic rings. The van der Waals surface area contributed by atoms with Crippen LogP contribution in [0.25, 0.3) is 0 Å². The molecule has 0 amide bonds. The van der Waals surface area contributed by atoms with Crippen molar-refractivity contribution in [2.45, 2.75) is 25.0 Å². The van der Waals surface area contributed by atoms with Crippen LogP contribution >= 0.6 is 0 Å². The van der Waals surface area contributed by atoms with Gasteiger partial charge in [0.1, 0.15) is 0 Å². The first kappa shape index (κ1) is 14.9. The summed E-state index contributed by atoms with van der Waals surface area (Å²) >= 11 is 0. The number of rotatable bonds is 8. The average molecular weight is 222 g/mol. The van der Waals surface area contributed by atoms with Crippen LogP contribution in [-0.4, -0.2) is 25.4 Å². The number of ether oxygens (including phenoxy) is 2. The SMILES string of the molecule is C1CO1.C=CCC(C=C)OC(C=C)CC=C. The van der Waals surface area contributed by atoms with E-state index in [4.69, 9.17) is 4.74 Å². The van der Waals surface area contributed by atoms with Crippen molar-refractivity contribution in [1.29, 1.82) is 0 Å². The van der Waals surface area contributed by atoms with Crippen molar-refractivity contribution in [3.63, 3.8) is 0 Å². The van der Waals surface area contributed by atoms with Crippen molar-refractivity contribution in [2.75, 3.05) is 13.2 Å². The third kappa shape index (κ3) is 9.44. The zero-order valence-electron chi connectivity index (χ0n) is 9.94. The van der Waals surface area contributed by atoms with E-state index in [0.717, 1.165) is 26.1 Å². The first-order valence-electron chi connectivity index (χ1n) is 5.48. The molecule has 0 aliphatic carbocycles. The molecule has 0 aromatic rings. The van der Waals surface area contributed by atoms with Gasteiger partial charge < -0.3 is 9.47 Å². The van der Waals surface area contributed by atoms with Gasteiger partial charge in [0.05, 0.1) is 25.4 Å². The Bertz CT molecular complexity index is 196. The maximum Gasteiger partial charge on any atom is 0.0795 e. The molecule has 1 rings (SSSR count). The van der Waals surface area contributed by atoms with Gasteiger partial charge in [-0.3, -0.25) is 0 Å². The highest BCUT2D eigenvalue weighted by atomic mass is 16.6. The van der Waals surface area contributed by atoms with Crippen LogP contribution < -0.4 is 0 Å². The van der Waals surface area contributed by atoms with Crippen LogP contribution in [0, 0.1) is 0 Å². The molecule has 90 valence electrons. The quantitative estimate of drug-likeness (QED) is 0.464. The third-order valence-corrected chi connectivity index (χ3v) is 1.88. The molecule has 1 heterocycles. The van der Waals surface area contributed by atoms with Crippen molar-refractivity contribution >= 4 is 0 Å². The van der Waals surface area contributed by atoms with Gasteiger partial charge in [-0.05, 0) is 12.8 Å². The largest absolute Gasteiger partial charge is 0.377 e. The molecule has 16 heavy (non-hydrogen) atoms. The monoisotopic (exact) mass is 222 g/mol. The molecule has 0 saturated carbocycles. The Morgan fingerprint density at radius 2 is 1.31 bits per heavy atom. The molecular formula is C14H22O2. The van der Waals surface area contributed by atoms with E-state index in [2.05, 4.69) is 31.1 Å². The summed E-state index contributed by atoms with van der Waals surface area (Å²) in [6.45, 7) is 16.7. The zero-order chi connectivity index (χ0) is 12.2. The predicted octanol–water partition coefficient (Wildman–Crippen LogP) is 3.28. The maximum absolute atomic E-state index is 5.65. The fourth-order valence-electron chi connectivity index (χ4n) is 0.968. The van der Waals surface area contributed by atoms with Crippen LogP contribution in [0.5, 0.6) is 0 Å². The van der Waals surface area contributed by atoms with Gasteiger partial charge in [-0.1, -0.05) is 24.3 Å². The Morgan fingerprint density at radius 1 is 0.938 bits per heavy atom. The lowest BCUT2D eigenvalue weighted by atomic mass is 10.2. The highest BCUT2D eigenvalue weighted by Crippen LogP contribution is 2.09. The minimum atomic E-state index is 0.0282. The average Bonchev–Trinajstić information content (AvgIpc) is 3.15. The summed E-state index contributed by atoms with van der Waals surface area (Å²) < 4.78 is 10.2. The second-order valence-electron chi connectivity index (χ2n) is 3.35. The molecule has 0 bridgehead atoms. The molecule has 0 spiro atoms. The second kappa shape index (κ2) is 10.4. The van der Waals surface area contributed by atoms with E-state index in [1.165, 1.54) is 0 Å². The summed E-state index contributed by atoms with van der Waals surface area (Å²) in [5.74, 6) is 0. The van der Waals surface area contributed by atoms with Crippen molar-refractivity contribution in [1.82, 2.24) is 0 Å². The summed E-state index contributed by atoms with van der Waals surface area (Å²) in [7, 11) is 0. The van der Waals surface area contributed by atoms with Gasteiger partial charge in [-0.25, -0.2) is 0 Å². The number of hydrogen-bond acceptors (Lipinski definition) is 2. The fraction of sp³-hybridized carbons (Fsp3) is 0.429. The van der Waals surface area contributed by atoms with E-state index in [-0.39, 0.29) is 12.2 Å². The van der Waals surface area contributed by atoms with Gasteiger partial charge in [-0.2, -0.15) is 0 Å². The van der Waals surface area contributed by atoms with E-state index in [1.54, 1.807) is 12.2 Å². The summed E-state index contributed by atoms with van der Waals surface area (Å²) in [6.07, 6.45) is 8.82. The van der Waals surface area contributed by atoms with E-state index < -0.39 is 0 Å². The lowest BCUT2D eigenvalue weighted by Gasteiger charge is -2.17. The van der Waals surface area contributed by atoms with Crippen molar-refractivity contribution in [3.05, 3.63) is 50.6 Å². The molecule has 2 unspecified atom stereocenters. The number of hydrogen-bond donors (Lipinski definition) is 0. The first-order chi connectivity index (χ1) is 7.78. The standard InChI is InChI=1S/C12H18O.C2H4O/c1-5-9-11(7-3)13-12(8-4)10-6-2;1-2-3-1/h5-8,11-12H,1-4,9-10H2;1-2H2. The third-order valence-electron chi connectivity index (χ3n) is 1.88. The van der Waals surface area contributed by atoms with E-state index in [9.17, 15) is 0 Å². The lowest BCUT2D eigenvalue weighted by Crippen LogP contribution is -2.17. The fourth-order valence-corrected chi connectivity index (χ4v) is 0.968. The molecule has 1 saturated heterocycles. The van der Waals surface area contributed by atoms with Gasteiger partial charge in [0.15, 0.2) is 0 Å². The molecule has 0 aromatic carbocycles. The smallest absolute Gasteiger partial charge is 0.0795 e. The summed E-state index contributed by atoms with van der Waals surface area (Å²) in [4.78, 5) is 0. The Morgan fingerprint density at radius 3 is 1.50 bits per heavy atom. The normalized spacial score (nSPS) is 16.0. The van der Waals surface area contributed by atoms with Crippen LogP contribution in [0.1, 0.15) is 12.8 Å². The molecule has 2 heteroatoms. The minimum absolute atomic E-state index is 0.0282. The lowest BCUT2D eigenvalue weighted by molar-refractivity contribution is 0.0455. The molecule has 2 atom stereocenters. The van der Waals surface area contributed by atoms with Gasteiger partial charge in [0.2, 0.25) is 0 Å². The summed E-state index contributed by atoms with van der Waals surface area (Å²) in [5.41, 5.74) is 0. The Labute approximate surface area is 99.0 Å². The molecule has 1 fully saturated rings. The molecule has 0 aromatic heterocycles. The summed E-state index contributed by atoms with van der Waals surface area (Å²) in [6, 6.07) is 0. The van der Waals surface area contributed by atoms with Gasteiger partial charge in [0.25, 0.3) is 0 Å². The van der Waals surface area contributed by atoms with E-state index >= 15 is 0 Å².